The van der Waals surface area contributed by atoms with Crippen molar-refractivity contribution in [3.05, 3.63) is 48.0 Å². The second-order valence-electron chi connectivity index (χ2n) is 5.82. The number of anilines is 1. The van der Waals surface area contributed by atoms with Crippen molar-refractivity contribution in [2.75, 3.05) is 5.32 Å². The van der Waals surface area contributed by atoms with Gasteiger partial charge in [0.2, 0.25) is 0 Å². The number of rotatable bonds is 4. The maximum atomic E-state index is 12.6. The van der Waals surface area contributed by atoms with Crippen LogP contribution in [0.2, 0.25) is 0 Å². The number of nitrogens with one attached hydrogen (secondary N) is 1. The number of halogens is 3. The fourth-order valence-corrected chi connectivity index (χ4v) is 2.39. The van der Waals surface area contributed by atoms with Gasteiger partial charge in [-0.3, -0.25) is 0 Å². The van der Waals surface area contributed by atoms with Crippen molar-refractivity contribution in [2.45, 2.75) is 31.6 Å². The zero-order valence-electron chi connectivity index (χ0n) is 13.0. The Bertz CT molecular complexity index is 720. The molecule has 128 valence electrons. The highest BCUT2D eigenvalue weighted by molar-refractivity contribution is 5.89. The van der Waals surface area contributed by atoms with Crippen LogP contribution in [-0.4, -0.2) is 26.5 Å². The lowest BCUT2D eigenvalue weighted by molar-refractivity contribution is -0.137. The van der Waals surface area contributed by atoms with E-state index in [4.69, 9.17) is 0 Å². The van der Waals surface area contributed by atoms with Crippen LogP contribution >= 0.6 is 0 Å². The Morgan fingerprint density at radius 1 is 1.33 bits per heavy atom. The Labute approximate surface area is 137 Å². The van der Waals surface area contributed by atoms with Gasteiger partial charge < -0.3 is 14.8 Å². The fraction of sp³-hybridized carbons (Fsp3) is 0.375. The minimum atomic E-state index is -4.39. The summed E-state index contributed by atoms with van der Waals surface area (Å²) < 4.78 is 39.5. The minimum Gasteiger partial charge on any atom is -0.337 e. The van der Waals surface area contributed by atoms with Crippen LogP contribution in [0.5, 0.6) is 0 Å². The van der Waals surface area contributed by atoms with Gasteiger partial charge in [0.1, 0.15) is 5.82 Å². The molecule has 0 radical (unpaired) electrons. The Morgan fingerprint density at radius 3 is 2.50 bits per heavy atom. The highest BCUT2D eigenvalue weighted by Crippen LogP contribution is 2.31. The molecule has 1 saturated carbocycles. The summed E-state index contributed by atoms with van der Waals surface area (Å²) in [6.45, 7) is 0.362. The van der Waals surface area contributed by atoms with Crippen LogP contribution in [0.25, 0.3) is 0 Å². The van der Waals surface area contributed by atoms with Gasteiger partial charge in [-0.25, -0.2) is 9.78 Å². The number of aromatic nitrogens is 2. The number of urea groups is 1. The Hall–Kier alpha value is -2.51. The van der Waals surface area contributed by atoms with Crippen LogP contribution in [0.4, 0.5) is 23.7 Å². The normalized spacial score (nSPS) is 14.5. The largest absolute Gasteiger partial charge is 0.416 e. The predicted molar refractivity (Wildman–Crippen MR) is 82.2 cm³/mol. The van der Waals surface area contributed by atoms with Gasteiger partial charge in [0.25, 0.3) is 0 Å². The molecule has 0 atom stereocenters. The summed E-state index contributed by atoms with van der Waals surface area (Å²) in [5.41, 5.74) is -0.411. The first-order valence-corrected chi connectivity index (χ1v) is 7.55. The van der Waals surface area contributed by atoms with E-state index in [-0.39, 0.29) is 12.1 Å². The van der Waals surface area contributed by atoms with Gasteiger partial charge in [-0.15, -0.1) is 0 Å². The monoisotopic (exact) mass is 338 g/mol. The Morgan fingerprint density at radius 2 is 2.00 bits per heavy atom. The molecule has 2 aromatic rings. The molecule has 1 aliphatic rings. The van der Waals surface area contributed by atoms with E-state index in [0.29, 0.717) is 12.2 Å². The Balaban J connectivity index is 1.69. The third-order valence-electron chi connectivity index (χ3n) is 3.94. The van der Waals surface area contributed by atoms with Gasteiger partial charge in [0.15, 0.2) is 0 Å². The van der Waals surface area contributed by atoms with E-state index in [9.17, 15) is 18.0 Å². The number of hydrogen-bond donors (Lipinski definition) is 1. The van der Waals surface area contributed by atoms with E-state index >= 15 is 0 Å². The van der Waals surface area contributed by atoms with Crippen molar-refractivity contribution >= 4 is 11.7 Å². The molecule has 1 fully saturated rings. The minimum absolute atomic E-state index is 0.149. The van der Waals surface area contributed by atoms with Crippen LogP contribution in [0.15, 0.2) is 36.7 Å². The average molecular weight is 338 g/mol. The molecular weight excluding hydrogens is 321 g/mol. The molecule has 8 heteroatoms. The molecule has 1 heterocycles. The van der Waals surface area contributed by atoms with Gasteiger partial charge in [0, 0.05) is 31.2 Å². The van der Waals surface area contributed by atoms with Crippen LogP contribution in [0.3, 0.4) is 0 Å². The highest BCUT2D eigenvalue weighted by atomic mass is 19.4. The summed E-state index contributed by atoms with van der Waals surface area (Å²) in [4.78, 5) is 18.3. The van der Waals surface area contributed by atoms with Crippen molar-refractivity contribution < 1.29 is 18.0 Å². The molecule has 0 saturated heterocycles. The first kappa shape index (κ1) is 16.4. The summed E-state index contributed by atoms with van der Waals surface area (Å²) in [5, 5.41) is 2.66. The number of hydrogen-bond acceptors (Lipinski definition) is 2. The van der Waals surface area contributed by atoms with Crippen LogP contribution < -0.4 is 5.32 Å². The Kier molecular flexibility index (Phi) is 4.21. The van der Waals surface area contributed by atoms with Crippen molar-refractivity contribution in [1.82, 2.24) is 14.5 Å². The van der Waals surface area contributed by atoms with E-state index in [1.807, 2.05) is 11.6 Å². The number of imidazole rings is 1. The van der Waals surface area contributed by atoms with Gasteiger partial charge in [-0.1, -0.05) is 0 Å². The standard InChI is InChI=1S/C16H17F3N4O/c1-22-9-8-20-14(22)10-23(13-6-7-13)15(24)21-12-4-2-11(3-5-12)16(17,18)19/h2-5,8-9,13H,6-7,10H2,1H3,(H,21,24). The molecule has 2 amide bonds. The number of nitrogens with zero attached hydrogens (tertiary/aromatic N) is 3. The number of benzene rings is 1. The number of amides is 2. The van der Waals surface area contributed by atoms with Crippen molar-refractivity contribution in [1.29, 1.82) is 0 Å². The topological polar surface area (TPSA) is 50.2 Å². The zero-order chi connectivity index (χ0) is 17.3. The van der Waals surface area contributed by atoms with E-state index in [0.717, 1.165) is 30.8 Å². The molecule has 1 aliphatic carbocycles. The van der Waals surface area contributed by atoms with Gasteiger partial charge in [-0.2, -0.15) is 13.2 Å². The van der Waals surface area contributed by atoms with Gasteiger partial charge in [0.05, 0.1) is 12.1 Å². The second kappa shape index (κ2) is 6.18. The molecule has 0 bridgehead atoms. The van der Waals surface area contributed by atoms with E-state index in [1.165, 1.54) is 12.1 Å². The molecule has 1 aromatic carbocycles. The van der Waals surface area contributed by atoms with Crippen LogP contribution in [-0.2, 0) is 19.8 Å². The smallest absolute Gasteiger partial charge is 0.337 e. The lowest BCUT2D eigenvalue weighted by Gasteiger charge is -2.22. The third-order valence-corrected chi connectivity index (χ3v) is 3.94. The maximum absolute atomic E-state index is 12.6. The molecular formula is C16H17F3N4O. The van der Waals surface area contributed by atoms with Crippen molar-refractivity contribution in [2.24, 2.45) is 7.05 Å². The number of aryl methyl sites for hydroxylation is 1. The van der Waals surface area contributed by atoms with Crippen LogP contribution in [0, 0.1) is 0 Å². The summed E-state index contributed by atoms with van der Waals surface area (Å²) in [6.07, 6.45) is 0.916. The summed E-state index contributed by atoms with van der Waals surface area (Å²) >= 11 is 0. The van der Waals surface area contributed by atoms with E-state index < -0.39 is 11.7 Å². The van der Waals surface area contributed by atoms with E-state index in [2.05, 4.69) is 10.3 Å². The van der Waals surface area contributed by atoms with Gasteiger partial charge in [-0.05, 0) is 37.1 Å². The molecule has 0 spiro atoms. The lowest BCUT2D eigenvalue weighted by Crippen LogP contribution is -2.37. The molecule has 24 heavy (non-hydrogen) atoms. The van der Waals surface area contributed by atoms with Crippen molar-refractivity contribution in [3.63, 3.8) is 0 Å². The lowest BCUT2D eigenvalue weighted by atomic mass is 10.2. The maximum Gasteiger partial charge on any atom is 0.416 e. The van der Waals surface area contributed by atoms with Crippen molar-refractivity contribution in [3.8, 4) is 0 Å². The molecule has 5 nitrogen and oxygen atoms in total. The highest BCUT2D eigenvalue weighted by Gasteiger charge is 2.34. The summed E-state index contributed by atoms with van der Waals surface area (Å²) in [6, 6.07) is 4.24. The number of carbonyl (C=O) groups excluding carboxylic acids is 1. The molecule has 3 rings (SSSR count). The fourth-order valence-electron chi connectivity index (χ4n) is 2.39. The molecule has 0 aliphatic heterocycles. The average Bonchev–Trinajstić information content (AvgIpc) is 3.27. The molecule has 0 unspecified atom stereocenters. The molecule has 1 N–H and O–H groups in total. The molecule has 1 aromatic heterocycles. The quantitative estimate of drug-likeness (QED) is 0.925. The third kappa shape index (κ3) is 3.69. The number of alkyl halides is 3. The SMILES string of the molecule is Cn1ccnc1CN(C(=O)Nc1ccc(C(F)(F)F)cc1)C1CC1. The predicted octanol–water partition coefficient (Wildman–Crippen LogP) is 3.64. The van der Waals surface area contributed by atoms with Gasteiger partial charge >= 0.3 is 12.2 Å². The van der Waals surface area contributed by atoms with E-state index in [1.54, 1.807) is 17.3 Å². The summed E-state index contributed by atoms with van der Waals surface area (Å²) in [7, 11) is 1.85. The summed E-state index contributed by atoms with van der Waals surface area (Å²) in [5.74, 6) is 0.754. The van der Waals surface area contributed by atoms with Crippen LogP contribution in [0.1, 0.15) is 24.2 Å². The zero-order valence-corrected chi connectivity index (χ0v) is 13.0. The number of carbonyl (C=O) groups is 1. The first-order chi connectivity index (χ1) is 11.3. The first-order valence-electron chi connectivity index (χ1n) is 7.55. The second-order valence-corrected chi connectivity index (χ2v) is 5.82.